The lowest BCUT2D eigenvalue weighted by Crippen LogP contribution is -2.29. The van der Waals surface area contributed by atoms with Gasteiger partial charge in [-0.3, -0.25) is 0 Å². The van der Waals surface area contributed by atoms with Gasteiger partial charge >= 0.3 is 0 Å². The van der Waals surface area contributed by atoms with Gasteiger partial charge in [0.25, 0.3) is 0 Å². The molecule has 1 atom stereocenters. The van der Waals surface area contributed by atoms with Crippen molar-refractivity contribution >= 4 is 0 Å². The van der Waals surface area contributed by atoms with Gasteiger partial charge in [-0.2, -0.15) is 0 Å². The summed E-state index contributed by atoms with van der Waals surface area (Å²) in [6.07, 6.45) is 8.49. The van der Waals surface area contributed by atoms with E-state index >= 15 is 0 Å². The summed E-state index contributed by atoms with van der Waals surface area (Å²) in [5.74, 6) is 3.03. The summed E-state index contributed by atoms with van der Waals surface area (Å²) in [4.78, 5) is 4.67. The predicted octanol–water partition coefficient (Wildman–Crippen LogP) is 2.01. The van der Waals surface area contributed by atoms with Crippen LogP contribution in [0.3, 0.4) is 0 Å². The lowest BCUT2D eigenvalue weighted by atomic mass is 9.94. The highest BCUT2D eigenvalue weighted by molar-refractivity contribution is 5.09. The Morgan fingerprint density at radius 3 is 3.00 bits per heavy atom. The number of hydrogen-bond acceptors (Lipinski definition) is 2. The number of aromatic nitrogens is 2. The van der Waals surface area contributed by atoms with E-state index in [1.807, 2.05) is 0 Å². The third-order valence-electron chi connectivity index (χ3n) is 4.35. The number of piperidine rings is 1. The molecule has 2 aliphatic heterocycles. The minimum atomic E-state index is 0.839. The standard InChI is InChI=1S/C14H23N3/c1-11-4-7-17-13(8-11)10-16-14(17)9-12-2-5-15-6-3-12/h10-12,15H,2-9H2,1H3. The molecule has 0 aromatic carbocycles. The molecule has 1 aromatic rings. The van der Waals surface area contributed by atoms with Crippen LogP contribution >= 0.6 is 0 Å². The van der Waals surface area contributed by atoms with E-state index in [2.05, 4.69) is 28.0 Å². The van der Waals surface area contributed by atoms with E-state index in [0.717, 1.165) is 11.8 Å². The summed E-state index contributed by atoms with van der Waals surface area (Å²) in [5.41, 5.74) is 1.47. The lowest BCUT2D eigenvalue weighted by Gasteiger charge is -2.25. The minimum Gasteiger partial charge on any atom is -0.332 e. The van der Waals surface area contributed by atoms with Crippen LogP contribution in [0, 0.1) is 11.8 Å². The summed E-state index contributed by atoms with van der Waals surface area (Å²) < 4.78 is 2.49. The van der Waals surface area contributed by atoms with Crippen molar-refractivity contribution < 1.29 is 0 Å². The van der Waals surface area contributed by atoms with Crippen molar-refractivity contribution in [3.63, 3.8) is 0 Å². The van der Waals surface area contributed by atoms with Crippen LogP contribution < -0.4 is 5.32 Å². The first kappa shape index (κ1) is 11.3. The molecule has 3 nitrogen and oxygen atoms in total. The fourth-order valence-electron chi connectivity index (χ4n) is 3.21. The average Bonchev–Trinajstić information content (AvgIpc) is 2.73. The number of fused-ring (bicyclic) bond motifs is 1. The molecule has 3 heterocycles. The van der Waals surface area contributed by atoms with Crippen LogP contribution in [-0.4, -0.2) is 22.6 Å². The molecule has 0 amide bonds. The second-order valence-electron chi connectivity index (χ2n) is 5.81. The van der Waals surface area contributed by atoms with Gasteiger partial charge in [-0.25, -0.2) is 4.98 Å². The zero-order valence-electron chi connectivity index (χ0n) is 10.8. The van der Waals surface area contributed by atoms with Crippen LogP contribution in [0.15, 0.2) is 6.20 Å². The van der Waals surface area contributed by atoms with Crippen molar-refractivity contribution in [2.45, 2.75) is 45.6 Å². The van der Waals surface area contributed by atoms with Crippen molar-refractivity contribution in [2.24, 2.45) is 11.8 Å². The highest BCUT2D eigenvalue weighted by atomic mass is 15.1. The Morgan fingerprint density at radius 2 is 2.18 bits per heavy atom. The molecule has 1 saturated heterocycles. The third kappa shape index (κ3) is 2.39. The molecule has 1 fully saturated rings. The maximum Gasteiger partial charge on any atom is 0.109 e. The van der Waals surface area contributed by atoms with E-state index < -0.39 is 0 Å². The first-order valence-corrected chi connectivity index (χ1v) is 7.07. The quantitative estimate of drug-likeness (QED) is 0.847. The monoisotopic (exact) mass is 233 g/mol. The van der Waals surface area contributed by atoms with Crippen LogP contribution in [0.1, 0.15) is 37.7 Å². The van der Waals surface area contributed by atoms with E-state index in [1.54, 1.807) is 0 Å². The van der Waals surface area contributed by atoms with Gasteiger partial charge < -0.3 is 9.88 Å². The fraction of sp³-hybridized carbons (Fsp3) is 0.786. The molecule has 1 unspecified atom stereocenters. The molecule has 3 heteroatoms. The van der Waals surface area contributed by atoms with Gasteiger partial charge in [-0.05, 0) is 50.6 Å². The Balaban J connectivity index is 1.71. The molecular weight excluding hydrogens is 210 g/mol. The van der Waals surface area contributed by atoms with Crippen LogP contribution in [0.5, 0.6) is 0 Å². The van der Waals surface area contributed by atoms with Crippen molar-refractivity contribution in [3.05, 3.63) is 17.7 Å². The number of nitrogens with one attached hydrogen (secondary N) is 1. The normalized spacial score (nSPS) is 25.8. The average molecular weight is 233 g/mol. The molecule has 1 aromatic heterocycles. The zero-order valence-corrected chi connectivity index (χ0v) is 10.8. The molecule has 0 aliphatic carbocycles. The van der Waals surface area contributed by atoms with Crippen LogP contribution in [0.25, 0.3) is 0 Å². The van der Waals surface area contributed by atoms with Gasteiger partial charge in [0.05, 0.1) is 0 Å². The van der Waals surface area contributed by atoms with Gasteiger partial charge in [-0.1, -0.05) is 6.92 Å². The second kappa shape index (κ2) is 4.81. The number of hydrogen-bond donors (Lipinski definition) is 1. The van der Waals surface area contributed by atoms with Crippen LogP contribution in [-0.2, 0) is 19.4 Å². The Hall–Kier alpha value is -0.830. The summed E-state index contributed by atoms with van der Waals surface area (Å²) in [6.45, 7) is 5.92. The molecule has 0 spiro atoms. The summed E-state index contributed by atoms with van der Waals surface area (Å²) in [5, 5.41) is 3.44. The molecule has 2 aliphatic rings. The molecule has 3 rings (SSSR count). The van der Waals surface area contributed by atoms with E-state index in [4.69, 9.17) is 0 Å². The number of imidazole rings is 1. The predicted molar refractivity (Wildman–Crippen MR) is 69.0 cm³/mol. The Morgan fingerprint density at radius 1 is 1.35 bits per heavy atom. The number of nitrogens with zero attached hydrogens (tertiary/aromatic N) is 2. The van der Waals surface area contributed by atoms with Gasteiger partial charge in [-0.15, -0.1) is 0 Å². The van der Waals surface area contributed by atoms with Crippen molar-refractivity contribution in [1.82, 2.24) is 14.9 Å². The maximum atomic E-state index is 4.67. The fourth-order valence-corrected chi connectivity index (χ4v) is 3.21. The smallest absolute Gasteiger partial charge is 0.109 e. The lowest BCUT2D eigenvalue weighted by molar-refractivity contribution is 0.352. The van der Waals surface area contributed by atoms with Gasteiger partial charge in [0.1, 0.15) is 5.82 Å². The largest absolute Gasteiger partial charge is 0.332 e. The van der Waals surface area contributed by atoms with Crippen molar-refractivity contribution in [2.75, 3.05) is 13.1 Å². The van der Waals surface area contributed by atoms with Gasteiger partial charge in [0.2, 0.25) is 0 Å². The first-order chi connectivity index (χ1) is 8.33. The molecule has 0 saturated carbocycles. The third-order valence-corrected chi connectivity index (χ3v) is 4.35. The molecule has 94 valence electrons. The van der Waals surface area contributed by atoms with E-state index in [0.29, 0.717) is 0 Å². The van der Waals surface area contributed by atoms with Crippen molar-refractivity contribution in [3.8, 4) is 0 Å². The summed E-state index contributed by atoms with van der Waals surface area (Å²) >= 11 is 0. The van der Waals surface area contributed by atoms with E-state index in [9.17, 15) is 0 Å². The highest BCUT2D eigenvalue weighted by Gasteiger charge is 2.21. The van der Waals surface area contributed by atoms with Crippen molar-refractivity contribution in [1.29, 1.82) is 0 Å². The van der Waals surface area contributed by atoms with E-state index in [1.165, 1.54) is 63.3 Å². The van der Waals surface area contributed by atoms with Gasteiger partial charge in [0.15, 0.2) is 0 Å². The Kier molecular flexibility index (Phi) is 3.19. The van der Waals surface area contributed by atoms with Crippen LogP contribution in [0.2, 0.25) is 0 Å². The molecule has 1 N–H and O–H groups in total. The SMILES string of the molecule is CC1CCn2c(cnc2CC2CCNCC2)C1. The Bertz CT molecular complexity index is 377. The topological polar surface area (TPSA) is 29.9 Å². The maximum absolute atomic E-state index is 4.67. The zero-order chi connectivity index (χ0) is 11.7. The molecule has 0 radical (unpaired) electrons. The van der Waals surface area contributed by atoms with Crippen LogP contribution in [0.4, 0.5) is 0 Å². The van der Waals surface area contributed by atoms with E-state index in [-0.39, 0.29) is 0 Å². The minimum absolute atomic E-state index is 0.839. The Labute approximate surface area is 104 Å². The molecule has 0 bridgehead atoms. The van der Waals surface area contributed by atoms with Gasteiger partial charge in [0, 0.05) is 24.9 Å². The highest BCUT2D eigenvalue weighted by Crippen LogP contribution is 2.24. The summed E-state index contributed by atoms with van der Waals surface area (Å²) in [6, 6.07) is 0. The summed E-state index contributed by atoms with van der Waals surface area (Å²) in [7, 11) is 0. The molecule has 17 heavy (non-hydrogen) atoms. The first-order valence-electron chi connectivity index (χ1n) is 7.07. The number of rotatable bonds is 2. The second-order valence-corrected chi connectivity index (χ2v) is 5.81. The molecular formula is C14H23N3.